The third kappa shape index (κ3) is 2.58. The molecule has 1 aliphatic rings. The fourth-order valence-corrected chi connectivity index (χ4v) is 2.31. The summed E-state index contributed by atoms with van der Waals surface area (Å²) in [4.78, 5) is 4.21. The Kier molecular flexibility index (Phi) is 3.88. The summed E-state index contributed by atoms with van der Waals surface area (Å²) in [5, 5.41) is 0. The van der Waals surface area contributed by atoms with Gasteiger partial charge in [-0.25, -0.2) is 0 Å². The maximum Gasteiger partial charge on any atom is 0.0491 e. The Balaban J connectivity index is 2.14. The fourth-order valence-electron chi connectivity index (χ4n) is 2.31. The van der Waals surface area contributed by atoms with Gasteiger partial charge in [-0.05, 0) is 43.4 Å². The first kappa shape index (κ1) is 11.5. The van der Waals surface area contributed by atoms with Gasteiger partial charge in [0.15, 0.2) is 0 Å². The quantitative estimate of drug-likeness (QED) is 0.597. The van der Waals surface area contributed by atoms with E-state index in [1.165, 1.54) is 5.56 Å². The fraction of sp³-hybridized carbons (Fsp3) is 0.583. The smallest absolute Gasteiger partial charge is 0.0491 e. The number of hydrogen-bond acceptors (Lipinski definition) is 4. The first-order valence-corrected chi connectivity index (χ1v) is 5.77. The Hall–Kier alpha value is -0.970. The molecule has 1 unspecified atom stereocenters. The lowest BCUT2D eigenvalue weighted by atomic mass is 9.88. The van der Waals surface area contributed by atoms with Crippen molar-refractivity contribution in [1.29, 1.82) is 0 Å². The van der Waals surface area contributed by atoms with Crippen molar-refractivity contribution in [2.75, 3.05) is 13.2 Å². The molecule has 3 N–H and O–H groups in total. The van der Waals surface area contributed by atoms with Crippen LogP contribution >= 0.6 is 0 Å². The first-order valence-electron chi connectivity index (χ1n) is 5.77. The Morgan fingerprint density at radius 2 is 2.25 bits per heavy atom. The number of nitrogens with zero attached hydrogens (tertiary/aromatic N) is 1. The van der Waals surface area contributed by atoms with Gasteiger partial charge in [0.25, 0.3) is 0 Å². The normalized spacial score (nSPS) is 19.6. The second-order valence-electron chi connectivity index (χ2n) is 4.32. The third-order valence-corrected chi connectivity index (χ3v) is 3.20. The summed E-state index contributed by atoms with van der Waals surface area (Å²) in [5.41, 5.74) is 5.19. The molecule has 1 atom stereocenters. The molecule has 0 amide bonds. The molecule has 1 saturated heterocycles. The molecule has 1 aliphatic heterocycles. The predicted molar refractivity (Wildman–Crippen MR) is 62.6 cm³/mol. The van der Waals surface area contributed by atoms with Crippen LogP contribution < -0.4 is 11.3 Å². The molecule has 1 aromatic heterocycles. The molecular formula is C12H19N3O. The average molecular weight is 221 g/mol. The highest BCUT2D eigenvalue weighted by Crippen LogP contribution is 2.29. The van der Waals surface area contributed by atoms with E-state index >= 15 is 0 Å². The van der Waals surface area contributed by atoms with Crippen LogP contribution in [0.2, 0.25) is 0 Å². The predicted octanol–water partition coefficient (Wildman–Crippen LogP) is 1.32. The van der Waals surface area contributed by atoms with Crippen molar-refractivity contribution in [2.24, 2.45) is 11.8 Å². The minimum absolute atomic E-state index is 0.214. The SMILES string of the molecule is Cc1cc(C(NN)C2CCOCC2)ccn1. The number of pyridine rings is 1. The van der Waals surface area contributed by atoms with Crippen LogP contribution in [0.5, 0.6) is 0 Å². The van der Waals surface area contributed by atoms with Crippen LogP contribution in [-0.4, -0.2) is 18.2 Å². The molecule has 0 bridgehead atoms. The number of hydrogen-bond donors (Lipinski definition) is 2. The Morgan fingerprint density at radius 3 is 2.88 bits per heavy atom. The Bertz CT molecular complexity index is 337. The summed E-state index contributed by atoms with van der Waals surface area (Å²) in [6.45, 7) is 3.68. The number of rotatable bonds is 3. The van der Waals surface area contributed by atoms with E-state index in [1.54, 1.807) is 0 Å². The van der Waals surface area contributed by atoms with E-state index in [-0.39, 0.29) is 6.04 Å². The maximum absolute atomic E-state index is 5.67. The summed E-state index contributed by atoms with van der Waals surface area (Å²) in [7, 11) is 0. The molecule has 2 heterocycles. The molecule has 1 fully saturated rings. The molecule has 0 radical (unpaired) electrons. The van der Waals surface area contributed by atoms with Gasteiger partial charge in [-0.3, -0.25) is 16.3 Å². The molecule has 88 valence electrons. The minimum atomic E-state index is 0.214. The summed E-state index contributed by atoms with van der Waals surface area (Å²) in [6.07, 6.45) is 3.97. The molecule has 16 heavy (non-hydrogen) atoms. The Labute approximate surface area is 96.2 Å². The monoisotopic (exact) mass is 221 g/mol. The van der Waals surface area contributed by atoms with Crippen molar-refractivity contribution in [1.82, 2.24) is 10.4 Å². The van der Waals surface area contributed by atoms with E-state index in [2.05, 4.69) is 16.5 Å². The Morgan fingerprint density at radius 1 is 1.50 bits per heavy atom. The van der Waals surface area contributed by atoms with Crippen molar-refractivity contribution in [3.63, 3.8) is 0 Å². The van der Waals surface area contributed by atoms with Gasteiger partial charge in [-0.15, -0.1) is 0 Å². The zero-order valence-corrected chi connectivity index (χ0v) is 9.65. The van der Waals surface area contributed by atoms with Crippen LogP contribution in [-0.2, 0) is 4.74 Å². The maximum atomic E-state index is 5.67. The van der Waals surface area contributed by atoms with E-state index in [9.17, 15) is 0 Å². The van der Waals surface area contributed by atoms with Gasteiger partial charge in [-0.2, -0.15) is 0 Å². The van der Waals surface area contributed by atoms with Gasteiger partial charge in [0, 0.05) is 31.1 Å². The van der Waals surface area contributed by atoms with E-state index < -0.39 is 0 Å². The highest BCUT2D eigenvalue weighted by Gasteiger charge is 2.24. The van der Waals surface area contributed by atoms with Gasteiger partial charge < -0.3 is 4.74 Å². The lowest BCUT2D eigenvalue weighted by Crippen LogP contribution is -2.36. The molecule has 4 nitrogen and oxygen atoms in total. The molecule has 0 aromatic carbocycles. The number of ether oxygens (including phenoxy) is 1. The second-order valence-corrected chi connectivity index (χ2v) is 4.32. The standard InChI is InChI=1S/C12H19N3O/c1-9-8-11(2-5-14-9)12(15-13)10-3-6-16-7-4-10/h2,5,8,10,12,15H,3-4,6-7,13H2,1H3. The number of aromatic nitrogens is 1. The largest absolute Gasteiger partial charge is 0.381 e. The van der Waals surface area contributed by atoms with Gasteiger partial charge >= 0.3 is 0 Å². The summed E-state index contributed by atoms with van der Waals surface area (Å²) in [6, 6.07) is 4.35. The number of nitrogens with one attached hydrogen (secondary N) is 1. The van der Waals surface area contributed by atoms with Gasteiger partial charge in [0.1, 0.15) is 0 Å². The molecule has 0 spiro atoms. The molecule has 1 aromatic rings. The summed E-state index contributed by atoms with van der Waals surface area (Å²) >= 11 is 0. The number of hydrazine groups is 1. The minimum Gasteiger partial charge on any atom is -0.381 e. The summed E-state index contributed by atoms with van der Waals surface area (Å²) < 4.78 is 5.37. The van der Waals surface area contributed by atoms with Crippen molar-refractivity contribution in [3.05, 3.63) is 29.6 Å². The van der Waals surface area contributed by atoms with E-state index in [4.69, 9.17) is 10.6 Å². The van der Waals surface area contributed by atoms with E-state index in [0.29, 0.717) is 5.92 Å². The molecule has 0 aliphatic carbocycles. The first-order chi connectivity index (χ1) is 7.81. The topological polar surface area (TPSA) is 60.2 Å². The van der Waals surface area contributed by atoms with E-state index in [1.807, 2.05) is 19.2 Å². The molecular weight excluding hydrogens is 202 g/mol. The van der Waals surface area contributed by atoms with Gasteiger partial charge in [-0.1, -0.05) is 0 Å². The van der Waals surface area contributed by atoms with Crippen LogP contribution in [0.4, 0.5) is 0 Å². The lowest BCUT2D eigenvalue weighted by Gasteiger charge is -2.30. The number of nitrogens with two attached hydrogens (primary N) is 1. The van der Waals surface area contributed by atoms with Crippen molar-refractivity contribution in [2.45, 2.75) is 25.8 Å². The van der Waals surface area contributed by atoms with Crippen molar-refractivity contribution in [3.8, 4) is 0 Å². The zero-order valence-electron chi connectivity index (χ0n) is 9.65. The summed E-state index contributed by atoms with van der Waals surface area (Å²) in [5.74, 6) is 6.23. The number of aryl methyl sites for hydroxylation is 1. The lowest BCUT2D eigenvalue weighted by molar-refractivity contribution is 0.0536. The third-order valence-electron chi connectivity index (χ3n) is 3.20. The van der Waals surface area contributed by atoms with Crippen LogP contribution in [0.25, 0.3) is 0 Å². The van der Waals surface area contributed by atoms with Crippen molar-refractivity contribution < 1.29 is 4.74 Å². The average Bonchev–Trinajstić information content (AvgIpc) is 2.31. The molecule has 0 saturated carbocycles. The highest BCUT2D eigenvalue weighted by molar-refractivity contribution is 5.20. The van der Waals surface area contributed by atoms with Crippen molar-refractivity contribution >= 4 is 0 Å². The zero-order chi connectivity index (χ0) is 11.4. The van der Waals surface area contributed by atoms with Crippen LogP contribution in [0.15, 0.2) is 18.3 Å². The van der Waals surface area contributed by atoms with Gasteiger partial charge in [0.05, 0.1) is 0 Å². The second kappa shape index (κ2) is 5.39. The van der Waals surface area contributed by atoms with Crippen LogP contribution in [0.1, 0.15) is 30.1 Å². The van der Waals surface area contributed by atoms with E-state index in [0.717, 1.165) is 31.7 Å². The molecule has 4 heteroatoms. The van der Waals surface area contributed by atoms with Crippen LogP contribution in [0, 0.1) is 12.8 Å². The highest BCUT2D eigenvalue weighted by atomic mass is 16.5. The van der Waals surface area contributed by atoms with Gasteiger partial charge in [0.2, 0.25) is 0 Å². The van der Waals surface area contributed by atoms with Crippen LogP contribution in [0.3, 0.4) is 0 Å². The molecule has 2 rings (SSSR count).